The lowest BCUT2D eigenvalue weighted by molar-refractivity contribution is 0.577. The molecule has 1 fully saturated rings. The quantitative estimate of drug-likeness (QED) is 0.815. The molecule has 2 heterocycles. The van der Waals surface area contributed by atoms with E-state index in [9.17, 15) is 4.39 Å². The molecule has 0 unspecified atom stereocenters. The van der Waals surface area contributed by atoms with Crippen molar-refractivity contribution in [3.8, 4) is 11.3 Å². The summed E-state index contributed by atoms with van der Waals surface area (Å²) in [6, 6.07) is 6.81. The van der Waals surface area contributed by atoms with Crippen molar-refractivity contribution >= 4 is 16.5 Å². The van der Waals surface area contributed by atoms with Crippen LogP contribution >= 0.6 is 11.3 Å². The van der Waals surface area contributed by atoms with Gasteiger partial charge in [0.15, 0.2) is 5.13 Å². The van der Waals surface area contributed by atoms with Crippen LogP contribution in [0.3, 0.4) is 0 Å². The molecule has 0 bridgehead atoms. The summed E-state index contributed by atoms with van der Waals surface area (Å²) in [6.45, 7) is 2.15. The van der Waals surface area contributed by atoms with Gasteiger partial charge in [0.25, 0.3) is 0 Å². The lowest BCUT2D eigenvalue weighted by atomic mass is 10.1. The maximum absolute atomic E-state index is 13.7. The Morgan fingerprint density at radius 3 is 2.67 bits per heavy atom. The van der Waals surface area contributed by atoms with Crippen molar-refractivity contribution in [3.05, 3.63) is 35.5 Å². The number of nitrogens with zero attached hydrogens (tertiary/aromatic N) is 2. The van der Waals surface area contributed by atoms with Crippen LogP contribution in [0, 0.1) is 5.82 Å². The van der Waals surface area contributed by atoms with Crippen LogP contribution in [0.15, 0.2) is 29.6 Å². The number of hydrogen-bond acceptors (Lipinski definition) is 3. The molecule has 4 heteroatoms. The average molecular weight is 262 g/mol. The Kier molecular flexibility index (Phi) is 3.28. The van der Waals surface area contributed by atoms with Gasteiger partial charge in [0.1, 0.15) is 5.82 Å². The molecular weight excluding hydrogens is 247 g/mol. The molecule has 18 heavy (non-hydrogen) atoms. The number of aromatic nitrogens is 1. The van der Waals surface area contributed by atoms with Gasteiger partial charge < -0.3 is 4.90 Å². The van der Waals surface area contributed by atoms with Gasteiger partial charge in [-0.3, -0.25) is 0 Å². The molecule has 0 atom stereocenters. The largest absolute Gasteiger partial charge is 0.348 e. The maximum atomic E-state index is 13.7. The van der Waals surface area contributed by atoms with E-state index in [0.29, 0.717) is 5.56 Å². The van der Waals surface area contributed by atoms with Crippen LogP contribution in [0.25, 0.3) is 11.3 Å². The van der Waals surface area contributed by atoms with Crippen molar-refractivity contribution in [1.82, 2.24) is 4.98 Å². The molecule has 0 amide bonds. The summed E-state index contributed by atoms with van der Waals surface area (Å²) in [7, 11) is 0. The van der Waals surface area contributed by atoms with Gasteiger partial charge in [-0.1, -0.05) is 12.1 Å². The van der Waals surface area contributed by atoms with Gasteiger partial charge in [0, 0.05) is 24.0 Å². The van der Waals surface area contributed by atoms with Gasteiger partial charge in [-0.25, -0.2) is 9.37 Å². The molecule has 0 radical (unpaired) electrons. The second kappa shape index (κ2) is 5.06. The summed E-state index contributed by atoms with van der Waals surface area (Å²) in [5.74, 6) is -0.201. The minimum Gasteiger partial charge on any atom is -0.348 e. The summed E-state index contributed by atoms with van der Waals surface area (Å²) in [4.78, 5) is 6.87. The predicted molar refractivity (Wildman–Crippen MR) is 73.6 cm³/mol. The van der Waals surface area contributed by atoms with E-state index in [1.165, 1.54) is 25.3 Å². The molecule has 1 aliphatic rings. The fraction of sp³-hybridized carbons (Fsp3) is 0.357. The number of rotatable bonds is 2. The molecule has 0 aliphatic carbocycles. The smallest absolute Gasteiger partial charge is 0.185 e. The molecule has 0 N–H and O–H groups in total. The first kappa shape index (κ1) is 11.7. The van der Waals surface area contributed by atoms with Crippen LogP contribution in [0.2, 0.25) is 0 Å². The summed E-state index contributed by atoms with van der Waals surface area (Å²) >= 11 is 1.61. The topological polar surface area (TPSA) is 16.1 Å². The van der Waals surface area contributed by atoms with E-state index >= 15 is 0 Å². The average Bonchev–Trinajstić information content (AvgIpc) is 2.90. The lowest BCUT2D eigenvalue weighted by Crippen LogP contribution is -2.29. The third-order valence-electron chi connectivity index (χ3n) is 3.27. The van der Waals surface area contributed by atoms with Crippen LogP contribution in [0.5, 0.6) is 0 Å². The van der Waals surface area contributed by atoms with E-state index in [0.717, 1.165) is 23.9 Å². The van der Waals surface area contributed by atoms with Crippen molar-refractivity contribution < 1.29 is 4.39 Å². The molecule has 94 valence electrons. The summed E-state index contributed by atoms with van der Waals surface area (Å²) < 4.78 is 13.7. The molecule has 1 aromatic carbocycles. The molecule has 1 aromatic heterocycles. The van der Waals surface area contributed by atoms with E-state index in [-0.39, 0.29) is 5.82 Å². The van der Waals surface area contributed by atoms with Crippen LogP contribution in [-0.2, 0) is 0 Å². The first-order chi connectivity index (χ1) is 8.84. The van der Waals surface area contributed by atoms with E-state index in [1.807, 2.05) is 11.4 Å². The lowest BCUT2D eigenvalue weighted by Gasteiger charge is -2.25. The number of hydrogen-bond donors (Lipinski definition) is 0. The van der Waals surface area contributed by atoms with Crippen molar-refractivity contribution in [2.24, 2.45) is 0 Å². The van der Waals surface area contributed by atoms with Gasteiger partial charge in [0.2, 0.25) is 0 Å². The van der Waals surface area contributed by atoms with Crippen LogP contribution in [0.1, 0.15) is 19.3 Å². The zero-order valence-corrected chi connectivity index (χ0v) is 10.9. The monoisotopic (exact) mass is 262 g/mol. The minimum absolute atomic E-state index is 0.201. The Balaban J connectivity index is 1.87. The third-order valence-corrected chi connectivity index (χ3v) is 4.17. The fourth-order valence-electron chi connectivity index (χ4n) is 2.29. The number of halogens is 1. The SMILES string of the molecule is Fc1ccccc1-c1csc(N2CCCCC2)n1. The standard InChI is InChI=1S/C14H15FN2S/c15-12-7-3-2-6-11(12)13-10-18-14(16-13)17-8-4-1-5-9-17/h2-3,6-7,10H,1,4-5,8-9H2. The summed E-state index contributed by atoms with van der Waals surface area (Å²) in [5, 5.41) is 2.97. The Hall–Kier alpha value is -1.42. The van der Waals surface area contributed by atoms with Crippen molar-refractivity contribution in [2.45, 2.75) is 19.3 Å². The molecule has 1 aliphatic heterocycles. The zero-order chi connectivity index (χ0) is 12.4. The molecule has 0 saturated carbocycles. The van der Waals surface area contributed by atoms with Crippen LogP contribution < -0.4 is 4.90 Å². The summed E-state index contributed by atoms with van der Waals surface area (Å²) in [5.41, 5.74) is 1.34. The van der Waals surface area contributed by atoms with Gasteiger partial charge in [0.05, 0.1) is 5.69 Å². The Morgan fingerprint density at radius 2 is 1.89 bits per heavy atom. The highest BCUT2D eigenvalue weighted by Gasteiger charge is 2.15. The Morgan fingerprint density at radius 1 is 1.11 bits per heavy atom. The molecule has 2 nitrogen and oxygen atoms in total. The molecule has 2 aromatic rings. The van der Waals surface area contributed by atoms with Crippen molar-refractivity contribution in [3.63, 3.8) is 0 Å². The van der Waals surface area contributed by atoms with Gasteiger partial charge >= 0.3 is 0 Å². The summed E-state index contributed by atoms with van der Waals surface area (Å²) in [6.07, 6.45) is 3.77. The Bertz CT molecular complexity index is 532. The highest BCUT2D eigenvalue weighted by atomic mass is 32.1. The normalized spacial score (nSPS) is 15.9. The third kappa shape index (κ3) is 2.25. The maximum Gasteiger partial charge on any atom is 0.185 e. The minimum atomic E-state index is -0.201. The number of thiazole rings is 1. The van der Waals surface area contributed by atoms with E-state index < -0.39 is 0 Å². The van der Waals surface area contributed by atoms with Gasteiger partial charge in [-0.2, -0.15) is 0 Å². The van der Waals surface area contributed by atoms with Gasteiger partial charge in [-0.05, 0) is 31.4 Å². The zero-order valence-electron chi connectivity index (χ0n) is 10.1. The first-order valence-electron chi connectivity index (χ1n) is 6.30. The Labute approximate surface area is 110 Å². The number of piperidine rings is 1. The molecule has 0 spiro atoms. The van der Waals surface area contributed by atoms with Crippen molar-refractivity contribution in [2.75, 3.05) is 18.0 Å². The fourth-order valence-corrected chi connectivity index (χ4v) is 3.17. The van der Waals surface area contributed by atoms with Crippen LogP contribution in [0.4, 0.5) is 9.52 Å². The number of anilines is 1. The highest BCUT2D eigenvalue weighted by molar-refractivity contribution is 7.14. The second-order valence-corrected chi connectivity index (χ2v) is 5.38. The van der Waals surface area contributed by atoms with Crippen LogP contribution in [-0.4, -0.2) is 18.1 Å². The number of benzene rings is 1. The molecule has 3 rings (SSSR count). The van der Waals surface area contributed by atoms with E-state index in [2.05, 4.69) is 9.88 Å². The van der Waals surface area contributed by atoms with Gasteiger partial charge in [-0.15, -0.1) is 11.3 Å². The highest BCUT2D eigenvalue weighted by Crippen LogP contribution is 2.30. The van der Waals surface area contributed by atoms with E-state index in [4.69, 9.17) is 0 Å². The molecular formula is C14H15FN2S. The van der Waals surface area contributed by atoms with E-state index in [1.54, 1.807) is 23.5 Å². The molecule has 1 saturated heterocycles. The predicted octanol–water partition coefficient (Wildman–Crippen LogP) is 3.94. The first-order valence-corrected chi connectivity index (χ1v) is 7.18. The van der Waals surface area contributed by atoms with Crippen molar-refractivity contribution in [1.29, 1.82) is 0 Å². The second-order valence-electron chi connectivity index (χ2n) is 4.54.